The van der Waals surface area contributed by atoms with E-state index in [9.17, 15) is 24.0 Å². The monoisotopic (exact) mass is 909 g/mol. The third kappa shape index (κ3) is 12.9. The lowest BCUT2D eigenvalue weighted by Gasteiger charge is -2.29. The van der Waals surface area contributed by atoms with Gasteiger partial charge in [0, 0.05) is 80.0 Å². The van der Waals surface area contributed by atoms with Crippen molar-refractivity contribution in [2.24, 2.45) is 0 Å². The van der Waals surface area contributed by atoms with Gasteiger partial charge in [0.1, 0.15) is 29.6 Å². The summed E-state index contributed by atoms with van der Waals surface area (Å²) in [5.74, 6) is -0.519. The summed E-state index contributed by atoms with van der Waals surface area (Å²) in [6, 6.07) is 20.8. The molecule has 5 amide bonds. The van der Waals surface area contributed by atoms with Crippen LogP contribution >= 0.6 is 0 Å². The molecule has 0 spiro atoms. The molecule has 0 saturated carbocycles. The second-order valence-corrected chi connectivity index (χ2v) is 16.4. The van der Waals surface area contributed by atoms with Gasteiger partial charge in [-0.05, 0) is 86.2 Å². The lowest BCUT2D eigenvalue weighted by molar-refractivity contribution is -0.137. The van der Waals surface area contributed by atoms with Crippen LogP contribution in [0.15, 0.2) is 91.5 Å². The molecule has 2 aliphatic rings. The smallest absolute Gasteiger partial charge is 0.255 e. The summed E-state index contributed by atoms with van der Waals surface area (Å²) in [6.07, 6.45) is 11.7. The number of likely N-dealkylation sites (N-methyl/N-ethyl adjacent to an activating group) is 1. The molecule has 348 valence electrons. The highest BCUT2D eigenvalue weighted by atomic mass is 16.5. The Balaban J connectivity index is 0.732. The third-order valence-electron chi connectivity index (χ3n) is 11.6. The molecule has 6 N–H and O–H groups in total. The fraction of sp³-hybridized carbons (Fsp3) is 0.354. The van der Waals surface area contributed by atoms with Crippen LogP contribution in [0.4, 0.5) is 11.4 Å². The van der Waals surface area contributed by atoms with E-state index in [0.717, 1.165) is 55.7 Å². The topological polar surface area (TPSA) is 253 Å². The average Bonchev–Trinajstić information content (AvgIpc) is 3.94. The van der Waals surface area contributed by atoms with E-state index in [1.165, 1.54) is 16.1 Å². The molecule has 19 heteroatoms. The number of piperidine rings is 1. The van der Waals surface area contributed by atoms with Gasteiger partial charge in [-0.2, -0.15) is 0 Å². The Kier molecular flexibility index (Phi) is 16.1. The standard InChI is InChI=1S/C48H55N13O6/c1-59(45(50)40-21-22-51-31-54-40)42(49)28-52-34-13-8-12-33(26-34)46(64)53-27-32-11-7-15-36(25-32)67-24-6-4-2-3-5-23-60-29-35(57-58-60)14-9-18-43(62)55-39-17-10-16-37-38(39)30-61(48(37)66)41-19-20-44(63)56-47(41)65/h7-8,10-13,15-17,21-22,25-26,29,31,41,49-50,52H,2-6,9,14,18-20,23-24,27-28,30H2,1H3,(H,53,64)(H,55,62)(H,56,63,65). The number of hydrogen-bond donors (Lipinski definition) is 6. The number of amidine groups is 2. The molecule has 1 unspecified atom stereocenters. The molecule has 7 rings (SSSR count). The average molecular weight is 910 g/mol. The molecule has 1 fully saturated rings. The van der Waals surface area contributed by atoms with Crippen molar-refractivity contribution < 1.29 is 28.7 Å². The van der Waals surface area contributed by atoms with Crippen molar-refractivity contribution in [1.29, 1.82) is 10.8 Å². The van der Waals surface area contributed by atoms with Crippen molar-refractivity contribution in [3.8, 4) is 5.75 Å². The number of anilines is 2. The zero-order valence-corrected chi connectivity index (χ0v) is 37.4. The Morgan fingerprint density at radius 3 is 2.61 bits per heavy atom. The van der Waals surface area contributed by atoms with Crippen LogP contribution < -0.4 is 26.0 Å². The van der Waals surface area contributed by atoms with E-state index in [1.807, 2.05) is 41.2 Å². The number of nitrogens with zero attached hydrogens (tertiary/aromatic N) is 7. The fourth-order valence-corrected chi connectivity index (χ4v) is 7.85. The van der Waals surface area contributed by atoms with Crippen LogP contribution in [0.5, 0.6) is 5.75 Å². The number of aryl methyl sites for hydroxylation is 2. The number of benzene rings is 3. The molecule has 1 atom stereocenters. The Morgan fingerprint density at radius 2 is 1.78 bits per heavy atom. The first-order valence-corrected chi connectivity index (χ1v) is 22.5. The van der Waals surface area contributed by atoms with E-state index in [4.69, 9.17) is 15.6 Å². The highest BCUT2D eigenvalue weighted by molar-refractivity contribution is 6.07. The van der Waals surface area contributed by atoms with E-state index in [1.54, 1.807) is 55.7 Å². The van der Waals surface area contributed by atoms with Gasteiger partial charge in [0.05, 0.1) is 18.8 Å². The molecular weight excluding hydrogens is 855 g/mol. The molecular formula is C48H55N13O6. The van der Waals surface area contributed by atoms with Crippen LogP contribution in [-0.2, 0) is 40.4 Å². The number of hydrogen-bond acceptors (Lipinski definition) is 13. The van der Waals surface area contributed by atoms with Crippen LogP contribution in [-0.4, -0.2) is 102 Å². The summed E-state index contributed by atoms with van der Waals surface area (Å²) in [5, 5.41) is 36.6. The lowest BCUT2D eigenvalue weighted by Crippen LogP contribution is -2.52. The summed E-state index contributed by atoms with van der Waals surface area (Å²) < 4.78 is 7.86. The second-order valence-electron chi connectivity index (χ2n) is 16.4. The van der Waals surface area contributed by atoms with Gasteiger partial charge in [-0.15, -0.1) is 5.10 Å². The largest absolute Gasteiger partial charge is 0.494 e. The highest BCUT2D eigenvalue weighted by Crippen LogP contribution is 2.32. The van der Waals surface area contributed by atoms with Gasteiger partial charge in [-0.3, -0.25) is 44.8 Å². The summed E-state index contributed by atoms with van der Waals surface area (Å²) in [6.45, 7) is 2.01. The lowest BCUT2D eigenvalue weighted by atomic mass is 10.0. The predicted molar refractivity (Wildman–Crippen MR) is 250 cm³/mol. The third-order valence-corrected chi connectivity index (χ3v) is 11.6. The number of nitrogens with one attached hydrogen (secondary N) is 6. The van der Waals surface area contributed by atoms with Crippen LogP contribution in [0, 0.1) is 10.8 Å². The summed E-state index contributed by atoms with van der Waals surface area (Å²) in [4.78, 5) is 73.9. The van der Waals surface area contributed by atoms with E-state index < -0.39 is 11.9 Å². The summed E-state index contributed by atoms with van der Waals surface area (Å²) in [5.41, 5.74) is 4.96. The van der Waals surface area contributed by atoms with E-state index in [2.05, 4.69) is 41.5 Å². The quantitative estimate of drug-likeness (QED) is 0.0230. The zero-order chi connectivity index (χ0) is 47.1. The Morgan fingerprint density at radius 1 is 0.955 bits per heavy atom. The minimum absolute atomic E-state index is 0.0817. The normalized spacial score (nSPS) is 14.3. The van der Waals surface area contributed by atoms with Gasteiger partial charge >= 0.3 is 0 Å². The van der Waals surface area contributed by atoms with Crippen molar-refractivity contribution in [3.05, 3.63) is 125 Å². The first kappa shape index (κ1) is 47.1. The fourth-order valence-electron chi connectivity index (χ4n) is 7.85. The first-order chi connectivity index (χ1) is 32.5. The number of fused-ring (bicyclic) bond motifs is 1. The molecule has 0 radical (unpaired) electrons. The minimum Gasteiger partial charge on any atom is -0.494 e. The molecule has 1 saturated heterocycles. The maximum Gasteiger partial charge on any atom is 0.255 e. The van der Waals surface area contributed by atoms with Gasteiger partial charge in [-0.1, -0.05) is 48.7 Å². The van der Waals surface area contributed by atoms with E-state index >= 15 is 0 Å². The Labute approximate surface area is 388 Å². The van der Waals surface area contributed by atoms with Crippen LogP contribution in [0.25, 0.3) is 0 Å². The molecule has 2 aromatic heterocycles. The van der Waals surface area contributed by atoms with Crippen molar-refractivity contribution in [2.45, 2.75) is 89.9 Å². The highest BCUT2D eigenvalue weighted by Gasteiger charge is 2.40. The SMILES string of the molecule is CN(C(=N)CNc1cccc(C(=O)NCc2cccc(OCCCCCCCn3cc(CCCC(=O)Nc4cccc5c4CN(C4CCC(=O)NC4=O)C5=O)nn3)c2)c1)C(=N)c1ccncn1. The van der Waals surface area contributed by atoms with Crippen molar-refractivity contribution >= 4 is 52.6 Å². The maximum absolute atomic E-state index is 13.1. The van der Waals surface area contributed by atoms with Crippen LogP contribution in [0.2, 0.25) is 0 Å². The molecule has 3 aromatic carbocycles. The minimum atomic E-state index is -0.721. The summed E-state index contributed by atoms with van der Waals surface area (Å²) in [7, 11) is 1.63. The van der Waals surface area contributed by atoms with E-state index in [0.29, 0.717) is 59.8 Å². The Bertz CT molecular complexity index is 2600. The number of unbranched alkanes of at least 4 members (excludes halogenated alkanes) is 4. The zero-order valence-electron chi connectivity index (χ0n) is 37.4. The number of amides is 5. The number of carbonyl (C=O) groups is 5. The molecule has 67 heavy (non-hydrogen) atoms. The molecule has 0 aliphatic carbocycles. The molecule has 2 aliphatic heterocycles. The second kappa shape index (κ2) is 22.9. The molecule has 4 heterocycles. The van der Waals surface area contributed by atoms with Gasteiger partial charge in [0.25, 0.3) is 11.8 Å². The first-order valence-electron chi connectivity index (χ1n) is 22.5. The number of imide groups is 1. The Hall–Kier alpha value is -7.83. The van der Waals surface area contributed by atoms with E-state index in [-0.39, 0.29) is 67.7 Å². The molecule has 5 aromatic rings. The van der Waals surface area contributed by atoms with Gasteiger partial charge < -0.3 is 30.5 Å². The van der Waals surface area contributed by atoms with Crippen LogP contribution in [0.3, 0.4) is 0 Å². The van der Waals surface area contributed by atoms with Gasteiger partial charge in [0.2, 0.25) is 17.7 Å². The van der Waals surface area contributed by atoms with Crippen molar-refractivity contribution in [3.63, 3.8) is 0 Å². The van der Waals surface area contributed by atoms with Gasteiger partial charge in [0.15, 0.2) is 5.84 Å². The van der Waals surface area contributed by atoms with Gasteiger partial charge in [-0.25, -0.2) is 9.97 Å². The molecule has 19 nitrogen and oxygen atoms in total. The van der Waals surface area contributed by atoms with Crippen LogP contribution in [0.1, 0.15) is 101 Å². The number of carbonyl (C=O) groups excluding carboxylic acids is 5. The summed E-state index contributed by atoms with van der Waals surface area (Å²) >= 11 is 0. The number of ether oxygens (including phenoxy) is 1. The predicted octanol–water partition coefficient (Wildman–Crippen LogP) is 5.10. The number of rotatable bonds is 22. The molecule has 0 bridgehead atoms. The number of aromatic nitrogens is 5. The van der Waals surface area contributed by atoms with Crippen molar-refractivity contribution in [1.82, 2.24) is 45.4 Å². The maximum atomic E-state index is 13.1. The van der Waals surface area contributed by atoms with Crippen molar-refractivity contribution in [2.75, 3.05) is 30.8 Å².